The number of thioether (sulfide) groups is 1. The van der Waals surface area contributed by atoms with Crippen LogP contribution in [0.25, 0.3) is 0 Å². The maximum absolute atomic E-state index is 6.03. The maximum atomic E-state index is 6.03. The molecule has 0 spiro atoms. The first-order valence-electron chi connectivity index (χ1n) is 6.16. The predicted octanol–water partition coefficient (Wildman–Crippen LogP) is 4.37. The third-order valence-corrected chi connectivity index (χ3v) is 3.90. The summed E-state index contributed by atoms with van der Waals surface area (Å²) in [7, 11) is 0. The van der Waals surface area contributed by atoms with E-state index in [-0.39, 0.29) is 6.04 Å². The van der Waals surface area contributed by atoms with Crippen molar-refractivity contribution in [2.45, 2.75) is 44.6 Å². The summed E-state index contributed by atoms with van der Waals surface area (Å²) in [5.41, 5.74) is 7.15. The van der Waals surface area contributed by atoms with Crippen molar-refractivity contribution in [3.8, 4) is 0 Å². The van der Waals surface area contributed by atoms with Crippen LogP contribution in [0.5, 0.6) is 0 Å². The van der Waals surface area contributed by atoms with Gasteiger partial charge in [0.1, 0.15) is 0 Å². The molecule has 0 saturated carbocycles. The lowest BCUT2D eigenvalue weighted by molar-refractivity contribution is 0.632. The van der Waals surface area contributed by atoms with Gasteiger partial charge in [-0.2, -0.15) is 0 Å². The molecule has 1 unspecified atom stereocenters. The molecule has 0 heterocycles. The molecule has 0 aliphatic heterocycles. The first kappa shape index (κ1) is 14.9. The number of nitrogens with two attached hydrogens (primary N) is 1. The Hall–Kier alpha value is -0.180. The molecule has 1 nitrogen and oxygen atoms in total. The zero-order chi connectivity index (χ0) is 12.8. The molecular weight excluding hydrogens is 250 g/mol. The van der Waals surface area contributed by atoms with Crippen molar-refractivity contribution in [2.75, 3.05) is 5.75 Å². The second kappa shape index (κ2) is 7.30. The number of hydrogen-bond acceptors (Lipinski definition) is 2. The molecule has 1 atom stereocenters. The number of benzene rings is 1. The van der Waals surface area contributed by atoms with E-state index in [9.17, 15) is 0 Å². The van der Waals surface area contributed by atoms with Crippen LogP contribution in [0.15, 0.2) is 23.1 Å². The average Bonchev–Trinajstić information content (AvgIpc) is 2.20. The van der Waals surface area contributed by atoms with Crippen LogP contribution in [-0.2, 0) is 6.42 Å². The van der Waals surface area contributed by atoms with Crippen LogP contribution in [0.4, 0.5) is 0 Å². The Morgan fingerprint density at radius 2 is 2.00 bits per heavy atom. The van der Waals surface area contributed by atoms with E-state index >= 15 is 0 Å². The summed E-state index contributed by atoms with van der Waals surface area (Å²) in [5.74, 6) is 1.91. The second-order valence-electron chi connectivity index (χ2n) is 4.96. The fraction of sp³-hybridized carbons (Fsp3) is 0.571. The van der Waals surface area contributed by atoms with E-state index in [0.29, 0.717) is 0 Å². The molecule has 1 rings (SSSR count). The molecule has 0 aromatic heterocycles. The Bertz CT molecular complexity index is 350. The van der Waals surface area contributed by atoms with Gasteiger partial charge in [-0.05, 0) is 55.2 Å². The number of rotatable bonds is 6. The molecular formula is C14H22ClNS. The summed E-state index contributed by atoms with van der Waals surface area (Å²) in [6.07, 6.45) is 2.13. The van der Waals surface area contributed by atoms with Gasteiger partial charge in [0.15, 0.2) is 0 Å². The predicted molar refractivity (Wildman–Crippen MR) is 79.0 cm³/mol. The maximum Gasteiger partial charge on any atom is 0.0409 e. The molecule has 0 radical (unpaired) electrons. The summed E-state index contributed by atoms with van der Waals surface area (Å²) >= 11 is 7.95. The highest BCUT2D eigenvalue weighted by molar-refractivity contribution is 7.99. The smallest absolute Gasteiger partial charge is 0.0409 e. The Balaban J connectivity index is 2.68. The van der Waals surface area contributed by atoms with E-state index in [1.165, 1.54) is 16.9 Å². The van der Waals surface area contributed by atoms with Gasteiger partial charge in [0.05, 0.1) is 0 Å². The first-order chi connectivity index (χ1) is 7.99. The highest BCUT2D eigenvalue weighted by Crippen LogP contribution is 2.27. The summed E-state index contributed by atoms with van der Waals surface area (Å²) in [6, 6.07) is 6.30. The SMILES string of the molecule is CC(C)CCSc1ccc(Cl)cc1CC(C)N. The molecule has 0 fully saturated rings. The summed E-state index contributed by atoms with van der Waals surface area (Å²) in [4.78, 5) is 1.33. The van der Waals surface area contributed by atoms with Crippen LogP contribution in [0, 0.1) is 5.92 Å². The van der Waals surface area contributed by atoms with Gasteiger partial charge in [0.25, 0.3) is 0 Å². The molecule has 96 valence electrons. The third kappa shape index (κ3) is 5.80. The van der Waals surface area contributed by atoms with Crippen LogP contribution in [0.1, 0.15) is 32.8 Å². The molecule has 0 aliphatic rings. The normalized spacial score (nSPS) is 13.1. The van der Waals surface area contributed by atoms with Gasteiger partial charge in [-0.15, -0.1) is 11.8 Å². The quantitative estimate of drug-likeness (QED) is 0.778. The molecule has 3 heteroatoms. The Morgan fingerprint density at radius 1 is 1.29 bits per heavy atom. The van der Waals surface area contributed by atoms with Gasteiger partial charge in [0, 0.05) is 16.0 Å². The molecule has 2 N–H and O–H groups in total. The van der Waals surface area contributed by atoms with E-state index in [1.807, 2.05) is 30.8 Å². The van der Waals surface area contributed by atoms with Crippen molar-refractivity contribution in [3.05, 3.63) is 28.8 Å². The minimum atomic E-state index is 0.179. The molecule has 1 aromatic rings. The van der Waals surface area contributed by atoms with Crippen molar-refractivity contribution < 1.29 is 0 Å². The van der Waals surface area contributed by atoms with Crippen molar-refractivity contribution in [1.29, 1.82) is 0 Å². The first-order valence-corrected chi connectivity index (χ1v) is 7.52. The minimum absolute atomic E-state index is 0.179. The Morgan fingerprint density at radius 3 is 2.59 bits per heavy atom. The monoisotopic (exact) mass is 271 g/mol. The fourth-order valence-corrected chi connectivity index (χ4v) is 3.10. The topological polar surface area (TPSA) is 26.0 Å². The average molecular weight is 272 g/mol. The summed E-state index contributed by atoms with van der Waals surface area (Å²) in [6.45, 7) is 6.54. The van der Waals surface area contributed by atoms with Crippen LogP contribution < -0.4 is 5.73 Å². The van der Waals surface area contributed by atoms with E-state index in [1.54, 1.807) is 0 Å². The zero-order valence-electron chi connectivity index (χ0n) is 10.9. The van der Waals surface area contributed by atoms with E-state index in [0.717, 1.165) is 23.1 Å². The largest absolute Gasteiger partial charge is 0.328 e. The molecule has 17 heavy (non-hydrogen) atoms. The fourth-order valence-electron chi connectivity index (χ4n) is 1.60. The molecule has 0 aliphatic carbocycles. The lowest BCUT2D eigenvalue weighted by Crippen LogP contribution is -2.18. The summed E-state index contributed by atoms with van der Waals surface area (Å²) in [5, 5.41) is 0.800. The molecule has 0 saturated heterocycles. The molecule has 0 amide bonds. The number of halogens is 1. The second-order valence-corrected chi connectivity index (χ2v) is 6.54. The molecule has 1 aromatic carbocycles. The van der Waals surface area contributed by atoms with Gasteiger partial charge in [-0.1, -0.05) is 25.4 Å². The van der Waals surface area contributed by atoms with Gasteiger partial charge in [0.2, 0.25) is 0 Å². The van der Waals surface area contributed by atoms with Crippen LogP contribution in [0.2, 0.25) is 5.02 Å². The van der Waals surface area contributed by atoms with Crippen molar-refractivity contribution in [3.63, 3.8) is 0 Å². The van der Waals surface area contributed by atoms with Crippen molar-refractivity contribution >= 4 is 23.4 Å². The zero-order valence-corrected chi connectivity index (χ0v) is 12.4. The van der Waals surface area contributed by atoms with Crippen LogP contribution >= 0.6 is 23.4 Å². The van der Waals surface area contributed by atoms with E-state index in [4.69, 9.17) is 17.3 Å². The van der Waals surface area contributed by atoms with Gasteiger partial charge in [-0.3, -0.25) is 0 Å². The van der Waals surface area contributed by atoms with Crippen molar-refractivity contribution in [2.24, 2.45) is 11.7 Å². The lowest BCUT2D eigenvalue weighted by Gasteiger charge is -2.12. The Labute approximate surface area is 114 Å². The summed E-state index contributed by atoms with van der Waals surface area (Å²) < 4.78 is 0. The van der Waals surface area contributed by atoms with Gasteiger partial charge >= 0.3 is 0 Å². The highest BCUT2D eigenvalue weighted by atomic mass is 35.5. The van der Waals surface area contributed by atoms with E-state index < -0.39 is 0 Å². The minimum Gasteiger partial charge on any atom is -0.328 e. The van der Waals surface area contributed by atoms with Gasteiger partial charge < -0.3 is 5.73 Å². The van der Waals surface area contributed by atoms with Gasteiger partial charge in [-0.25, -0.2) is 0 Å². The van der Waals surface area contributed by atoms with E-state index in [2.05, 4.69) is 19.9 Å². The standard InChI is InChI=1S/C14H22ClNS/c1-10(2)6-7-17-14-5-4-13(15)9-12(14)8-11(3)16/h4-5,9-11H,6-8,16H2,1-3H3. The number of hydrogen-bond donors (Lipinski definition) is 1. The molecule has 0 bridgehead atoms. The highest BCUT2D eigenvalue weighted by Gasteiger charge is 2.07. The third-order valence-electron chi connectivity index (χ3n) is 2.52. The van der Waals surface area contributed by atoms with Crippen LogP contribution in [-0.4, -0.2) is 11.8 Å². The van der Waals surface area contributed by atoms with Crippen molar-refractivity contribution in [1.82, 2.24) is 0 Å². The Kier molecular flexibility index (Phi) is 6.39. The lowest BCUT2D eigenvalue weighted by atomic mass is 10.1. The van der Waals surface area contributed by atoms with Crippen LogP contribution in [0.3, 0.4) is 0 Å².